The Morgan fingerprint density at radius 1 is 0.889 bits per heavy atom. The number of hydrogen-bond acceptors (Lipinski definition) is 3. The smallest absolute Gasteiger partial charge is 0.178 e. The fourth-order valence-corrected chi connectivity index (χ4v) is 1.35. The molecule has 0 N–H and O–H groups in total. The summed E-state index contributed by atoms with van der Waals surface area (Å²) in [6.07, 6.45) is 9.62. The van der Waals surface area contributed by atoms with Gasteiger partial charge in [0.25, 0.3) is 0 Å². The summed E-state index contributed by atoms with van der Waals surface area (Å²) < 4.78 is 0. The fraction of sp³-hybridized carbons (Fsp3) is 0. The summed E-state index contributed by atoms with van der Waals surface area (Å²) in [7, 11) is 0. The zero-order valence-corrected chi connectivity index (χ0v) is 9.73. The molecule has 2 rings (SSSR count). The average Bonchev–Trinajstić information content (AvgIpc) is 2.45. The molecule has 18 heavy (non-hydrogen) atoms. The van der Waals surface area contributed by atoms with Crippen molar-refractivity contribution in [3.8, 4) is 0 Å². The Bertz CT molecular complexity index is 508. The minimum Gasteiger partial charge on any atom is -0.290 e. The van der Waals surface area contributed by atoms with Crippen molar-refractivity contribution in [1.82, 2.24) is 9.97 Å². The van der Waals surface area contributed by atoms with Crippen LogP contribution in [-0.2, 0) is 4.79 Å². The van der Waals surface area contributed by atoms with Gasteiger partial charge in [-0.1, -0.05) is 36.4 Å². The van der Waals surface area contributed by atoms with Crippen molar-refractivity contribution < 1.29 is 4.79 Å². The summed E-state index contributed by atoms with van der Waals surface area (Å²) in [5.74, 6) is 0.435. The molecule has 0 aliphatic rings. The molecule has 0 aliphatic heterocycles. The molecule has 0 fully saturated rings. The summed E-state index contributed by atoms with van der Waals surface area (Å²) in [5.41, 5.74) is 0.996. The molecule has 0 amide bonds. The van der Waals surface area contributed by atoms with E-state index >= 15 is 0 Å². The van der Waals surface area contributed by atoms with Crippen LogP contribution in [0.1, 0.15) is 11.4 Å². The van der Waals surface area contributed by atoms with E-state index in [0.717, 1.165) is 5.56 Å². The first kappa shape index (κ1) is 11.9. The Kier molecular flexibility index (Phi) is 4.14. The van der Waals surface area contributed by atoms with Gasteiger partial charge < -0.3 is 0 Å². The highest BCUT2D eigenvalue weighted by Gasteiger charge is 1.91. The Balaban J connectivity index is 1.97. The maximum atomic E-state index is 11.6. The van der Waals surface area contributed by atoms with E-state index in [2.05, 4.69) is 9.97 Å². The van der Waals surface area contributed by atoms with Crippen molar-refractivity contribution >= 4 is 17.9 Å². The Morgan fingerprint density at radius 2 is 1.56 bits per heavy atom. The lowest BCUT2D eigenvalue weighted by atomic mass is 10.2. The molecule has 2 aromatic rings. The number of carbonyl (C=O) groups excluding carboxylic acids is 1. The lowest BCUT2D eigenvalue weighted by molar-refractivity contribution is -0.110. The van der Waals surface area contributed by atoms with Crippen LogP contribution in [0.15, 0.2) is 60.9 Å². The van der Waals surface area contributed by atoms with Gasteiger partial charge in [0.05, 0.1) is 0 Å². The van der Waals surface area contributed by atoms with Crippen LogP contribution in [0, 0.1) is 0 Å². The molecule has 3 heteroatoms. The molecule has 0 aliphatic carbocycles. The van der Waals surface area contributed by atoms with Crippen LogP contribution in [0.25, 0.3) is 12.2 Å². The monoisotopic (exact) mass is 236 g/mol. The molecule has 0 radical (unpaired) electrons. The van der Waals surface area contributed by atoms with Crippen molar-refractivity contribution in [2.45, 2.75) is 0 Å². The average molecular weight is 236 g/mol. The van der Waals surface area contributed by atoms with Gasteiger partial charge >= 0.3 is 0 Å². The zero-order chi connectivity index (χ0) is 12.6. The van der Waals surface area contributed by atoms with Crippen LogP contribution in [0.5, 0.6) is 0 Å². The van der Waals surface area contributed by atoms with Crippen LogP contribution in [-0.4, -0.2) is 15.8 Å². The molecule has 88 valence electrons. The van der Waals surface area contributed by atoms with E-state index < -0.39 is 0 Å². The number of allylic oxidation sites excluding steroid dienone is 2. The summed E-state index contributed by atoms with van der Waals surface area (Å²) in [4.78, 5) is 19.6. The molecule has 0 atom stereocenters. The summed E-state index contributed by atoms with van der Waals surface area (Å²) in [6.45, 7) is 0. The number of benzene rings is 1. The van der Waals surface area contributed by atoms with Gasteiger partial charge in [0.15, 0.2) is 11.6 Å². The second kappa shape index (κ2) is 6.25. The maximum absolute atomic E-state index is 11.6. The number of aromatic nitrogens is 2. The predicted octanol–water partition coefficient (Wildman–Crippen LogP) is 2.77. The van der Waals surface area contributed by atoms with Gasteiger partial charge in [-0.3, -0.25) is 4.79 Å². The molecule has 0 unspecified atom stereocenters. The minimum atomic E-state index is -0.0914. The van der Waals surface area contributed by atoms with Gasteiger partial charge in [0, 0.05) is 12.4 Å². The Labute approximate surface area is 106 Å². The van der Waals surface area contributed by atoms with Crippen molar-refractivity contribution in [3.63, 3.8) is 0 Å². The van der Waals surface area contributed by atoms with E-state index in [-0.39, 0.29) is 5.78 Å². The van der Waals surface area contributed by atoms with Crippen LogP contribution >= 0.6 is 0 Å². The molecule has 0 spiro atoms. The van der Waals surface area contributed by atoms with Gasteiger partial charge in [-0.15, -0.1) is 0 Å². The third-order valence-corrected chi connectivity index (χ3v) is 2.22. The maximum Gasteiger partial charge on any atom is 0.178 e. The van der Waals surface area contributed by atoms with Gasteiger partial charge in [0.1, 0.15) is 0 Å². The van der Waals surface area contributed by atoms with Gasteiger partial charge in [-0.25, -0.2) is 9.97 Å². The highest BCUT2D eigenvalue weighted by molar-refractivity contribution is 6.04. The first-order valence-electron chi connectivity index (χ1n) is 5.57. The summed E-state index contributed by atoms with van der Waals surface area (Å²) in [5, 5.41) is 0. The minimum absolute atomic E-state index is 0.0914. The van der Waals surface area contributed by atoms with Gasteiger partial charge in [-0.2, -0.15) is 0 Å². The van der Waals surface area contributed by atoms with Crippen LogP contribution in [0.3, 0.4) is 0 Å². The topological polar surface area (TPSA) is 42.9 Å². The zero-order valence-electron chi connectivity index (χ0n) is 9.73. The van der Waals surface area contributed by atoms with E-state index in [0.29, 0.717) is 5.82 Å². The molecule has 1 heterocycles. The van der Waals surface area contributed by atoms with Crippen molar-refractivity contribution in [3.05, 3.63) is 72.3 Å². The van der Waals surface area contributed by atoms with E-state index in [1.54, 1.807) is 30.6 Å². The van der Waals surface area contributed by atoms with Crippen molar-refractivity contribution in [1.29, 1.82) is 0 Å². The van der Waals surface area contributed by atoms with Crippen molar-refractivity contribution in [2.75, 3.05) is 0 Å². The number of ketones is 1. The third kappa shape index (κ3) is 3.79. The standard InChI is InChI=1S/C15H12N2O/c18-14(8-7-13-5-2-1-3-6-13)9-10-15-16-11-4-12-17-15/h1-12H/b8-7+,10-9+. The van der Waals surface area contributed by atoms with Gasteiger partial charge in [0.2, 0.25) is 0 Å². The predicted molar refractivity (Wildman–Crippen MR) is 71.5 cm³/mol. The number of nitrogens with zero attached hydrogens (tertiary/aromatic N) is 2. The quantitative estimate of drug-likeness (QED) is 0.766. The number of carbonyl (C=O) groups is 1. The first-order chi connectivity index (χ1) is 8.84. The van der Waals surface area contributed by atoms with Crippen LogP contribution < -0.4 is 0 Å². The second-order valence-corrected chi connectivity index (χ2v) is 3.59. The van der Waals surface area contributed by atoms with Crippen molar-refractivity contribution in [2.24, 2.45) is 0 Å². The number of rotatable bonds is 4. The van der Waals surface area contributed by atoms with E-state index in [9.17, 15) is 4.79 Å². The van der Waals surface area contributed by atoms with E-state index in [4.69, 9.17) is 0 Å². The first-order valence-corrected chi connectivity index (χ1v) is 5.57. The lowest BCUT2D eigenvalue weighted by Gasteiger charge is -1.90. The fourth-order valence-electron chi connectivity index (χ4n) is 1.35. The lowest BCUT2D eigenvalue weighted by Crippen LogP contribution is -1.88. The second-order valence-electron chi connectivity index (χ2n) is 3.59. The molecule has 0 bridgehead atoms. The normalized spacial score (nSPS) is 11.1. The highest BCUT2D eigenvalue weighted by atomic mass is 16.1. The molecular weight excluding hydrogens is 224 g/mol. The largest absolute Gasteiger partial charge is 0.290 e. The Hall–Kier alpha value is -2.55. The highest BCUT2D eigenvalue weighted by Crippen LogP contribution is 2.01. The summed E-state index contributed by atoms with van der Waals surface area (Å²) in [6, 6.07) is 11.4. The molecule has 1 aromatic carbocycles. The molecule has 0 saturated heterocycles. The van der Waals surface area contributed by atoms with Gasteiger partial charge in [-0.05, 0) is 29.9 Å². The molecular formula is C15H12N2O. The SMILES string of the molecule is O=C(/C=C/c1ccccc1)/C=C/c1ncccn1. The molecule has 1 aromatic heterocycles. The van der Waals surface area contributed by atoms with E-state index in [1.165, 1.54) is 12.2 Å². The van der Waals surface area contributed by atoms with Crippen LogP contribution in [0.4, 0.5) is 0 Å². The summed E-state index contributed by atoms with van der Waals surface area (Å²) >= 11 is 0. The van der Waals surface area contributed by atoms with Crippen LogP contribution in [0.2, 0.25) is 0 Å². The molecule has 3 nitrogen and oxygen atoms in total. The molecule has 0 saturated carbocycles. The number of hydrogen-bond donors (Lipinski definition) is 0. The van der Waals surface area contributed by atoms with E-state index in [1.807, 2.05) is 30.3 Å². The Morgan fingerprint density at radius 3 is 2.28 bits per heavy atom. The third-order valence-electron chi connectivity index (χ3n) is 2.22.